The van der Waals surface area contributed by atoms with Crippen LogP contribution in [0, 0.1) is 5.92 Å². The highest BCUT2D eigenvalue weighted by Crippen LogP contribution is 2.23. The number of likely N-dealkylation sites (tertiary alicyclic amines) is 1. The monoisotopic (exact) mass is 256 g/mol. The molecule has 106 valence electrons. The number of nitrogens with one attached hydrogen (secondary N) is 1. The summed E-state index contributed by atoms with van der Waals surface area (Å²) in [5.41, 5.74) is 0. The number of hydrogen-bond donors (Lipinski definition) is 1. The molecule has 4 nitrogen and oxygen atoms in total. The Bertz CT molecular complexity index is 244. The van der Waals surface area contributed by atoms with Gasteiger partial charge in [-0.15, -0.1) is 0 Å². The molecule has 2 rings (SSSR count). The predicted octanol–water partition coefficient (Wildman–Crippen LogP) is 1.11. The second-order valence-corrected chi connectivity index (χ2v) is 5.74. The van der Waals surface area contributed by atoms with E-state index in [1.54, 1.807) is 0 Å². The summed E-state index contributed by atoms with van der Waals surface area (Å²) in [6, 6.07) is 1.19. The molecule has 18 heavy (non-hydrogen) atoms. The summed E-state index contributed by atoms with van der Waals surface area (Å²) in [6.45, 7) is 6.48. The molecule has 0 aromatic rings. The van der Waals surface area contributed by atoms with Crippen molar-refractivity contribution < 1.29 is 9.47 Å². The van der Waals surface area contributed by atoms with Crippen molar-refractivity contribution >= 4 is 0 Å². The van der Waals surface area contributed by atoms with Crippen LogP contribution in [0.4, 0.5) is 0 Å². The maximum atomic E-state index is 5.51. The molecule has 0 spiro atoms. The first-order valence-electron chi connectivity index (χ1n) is 7.26. The molecule has 0 radical (unpaired) electrons. The number of methoxy groups -OCH3 is 1. The Morgan fingerprint density at radius 1 is 1.44 bits per heavy atom. The molecule has 2 heterocycles. The zero-order chi connectivity index (χ0) is 13.0. The zero-order valence-electron chi connectivity index (χ0n) is 12.0. The first-order valence-corrected chi connectivity index (χ1v) is 7.26. The normalized spacial score (nSPS) is 35.8. The summed E-state index contributed by atoms with van der Waals surface area (Å²) < 4.78 is 11.0. The van der Waals surface area contributed by atoms with Gasteiger partial charge in [-0.2, -0.15) is 0 Å². The van der Waals surface area contributed by atoms with Crippen molar-refractivity contribution in [2.45, 2.75) is 44.4 Å². The molecule has 2 aliphatic heterocycles. The minimum absolute atomic E-state index is 0.457. The van der Waals surface area contributed by atoms with Crippen LogP contribution in [0.5, 0.6) is 0 Å². The molecule has 2 fully saturated rings. The van der Waals surface area contributed by atoms with Crippen molar-refractivity contribution in [1.29, 1.82) is 0 Å². The fourth-order valence-electron chi connectivity index (χ4n) is 3.26. The average molecular weight is 256 g/mol. The van der Waals surface area contributed by atoms with Gasteiger partial charge in [-0.1, -0.05) is 0 Å². The molecular weight excluding hydrogens is 228 g/mol. The number of rotatable bonds is 5. The van der Waals surface area contributed by atoms with Gasteiger partial charge in [0.1, 0.15) is 0 Å². The van der Waals surface area contributed by atoms with Gasteiger partial charge in [0.05, 0.1) is 12.7 Å². The van der Waals surface area contributed by atoms with Gasteiger partial charge in [0.25, 0.3) is 0 Å². The Morgan fingerprint density at radius 3 is 2.83 bits per heavy atom. The molecule has 1 N–H and O–H groups in total. The number of piperidine rings is 1. The van der Waals surface area contributed by atoms with Crippen LogP contribution >= 0.6 is 0 Å². The molecule has 4 unspecified atom stereocenters. The lowest BCUT2D eigenvalue weighted by atomic mass is 9.95. The third kappa shape index (κ3) is 3.44. The Labute approximate surface area is 111 Å². The van der Waals surface area contributed by atoms with Crippen LogP contribution in [-0.4, -0.2) is 63.5 Å². The van der Waals surface area contributed by atoms with Gasteiger partial charge < -0.3 is 14.8 Å². The first-order chi connectivity index (χ1) is 8.74. The predicted molar refractivity (Wildman–Crippen MR) is 72.8 cm³/mol. The Balaban J connectivity index is 1.83. The van der Waals surface area contributed by atoms with E-state index in [1.165, 1.54) is 12.8 Å². The van der Waals surface area contributed by atoms with Crippen LogP contribution in [0.3, 0.4) is 0 Å². The first kappa shape index (κ1) is 14.3. The summed E-state index contributed by atoms with van der Waals surface area (Å²) in [6.07, 6.45) is 3.99. The lowest BCUT2D eigenvalue weighted by molar-refractivity contribution is 0.0102. The maximum Gasteiger partial charge on any atom is 0.0598 e. The van der Waals surface area contributed by atoms with Gasteiger partial charge >= 0.3 is 0 Å². The third-order valence-corrected chi connectivity index (χ3v) is 4.63. The number of hydrogen-bond acceptors (Lipinski definition) is 4. The Hall–Kier alpha value is -0.160. The smallest absolute Gasteiger partial charge is 0.0598 e. The van der Waals surface area contributed by atoms with Crippen LogP contribution in [0.2, 0.25) is 0 Å². The topological polar surface area (TPSA) is 33.7 Å². The van der Waals surface area contributed by atoms with E-state index in [1.807, 2.05) is 7.11 Å². The van der Waals surface area contributed by atoms with Crippen molar-refractivity contribution in [3.8, 4) is 0 Å². The van der Waals surface area contributed by atoms with E-state index in [0.29, 0.717) is 24.1 Å². The van der Waals surface area contributed by atoms with Gasteiger partial charge in [0, 0.05) is 44.8 Å². The van der Waals surface area contributed by atoms with E-state index < -0.39 is 0 Å². The lowest BCUT2D eigenvalue weighted by Gasteiger charge is -2.39. The maximum absolute atomic E-state index is 5.51. The Morgan fingerprint density at radius 2 is 2.28 bits per heavy atom. The van der Waals surface area contributed by atoms with E-state index >= 15 is 0 Å². The molecule has 0 saturated carbocycles. The highest BCUT2D eigenvalue weighted by atomic mass is 16.5. The summed E-state index contributed by atoms with van der Waals surface area (Å²) in [5.74, 6) is 0.683. The third-order valence-electron chi connectivity index (χ3n) is 4.63. The van der Waals surface area contributed by atoms with E-state index in [4.69, 9.17) is 9.47 Å². The van der Waals surface area contributed by atoms with Crippen LogP contribution in [0.25, 0.3) is 0 Å². The lowest BCUT2D eigenvalue weighted by Crippen LogP contribution is -2.51. The van der Waals surface area contributed by atoms with E-state index in [-0.39, 0.29) is 0 Å². The zero-order valence-corrected chi connectivity index (χ0v) is 12.0. The standard InChI is InChI=1S/C14H28N2O2/c1-11-8-13(17-3)4-6-16(11)9-14(15-2)12-5-7-18-10-12/h11-15H,4-10H2,1-3H3. The van der Waals surface area contributed by atoms with E-state index in [0.717, 1.165) is 32.7 Å². The van der Waals surface area contributed by atoms with Crippen LogP contribution in [-0.2, 0) is 9.47 Å². The Kier molecular flexibility index (Phi) is 5.42. The molecule has 0 amide bonds. The van der Waals surface area contributed by atoms with Gasteiger partial charge in [0.15, 0.2) is 0 Å². The number of ether oxygens (including phenoxy) is 2. The highest BCUT2D eigenvalue weighted by Gasteiger charge is 2.30. The largest absolute Gasteiger partial charge is 0.381 e. The van der Waals surface area contributed by atoms with Crippen molar-refractivity contribution in [2.75, 3.05) is 40.5 Å². The van der Waals surface area contributed by atoms with E-state index in [2.05, 4.69) is 24.2 Å². The summed E-state index contributed by atoms with van der Waals surface area (Å²) in [4.78, 5) is 2.61. The van der Waals surface area contributed by atoms with Gasteiger partial charge in [-0.05, 0) is 33.2 Å². The van der Waals surface area contributed by atoms with Gasteiger partial charge in [-0.25, -0.2) is 0 Å². The minimum Gasteiger partial charge on any atom is -0.381 e. The molecule has 4 atom stereocenters. The summed E-state index contributed by atoms with van der Waals surface area (Å²) in [7, 11) is 3.91. The molecule has 0 aromatic heterocycles. The summed E-state index contributed by atoms with van der Waals surface area (Å²) in [5, 5.41) is 3.48. The fourth-order valence-corrected chi connectivity index (χ4v) is 3.26. The van der Waals surface area contributed by atoms with Crippen molar-refractivity contribution in [3.05, 3.63) is 0 Å². The second-order valence-electron chi connectivity index (χ2n) is 5.74. The minimum atomic E-state index is 0.457. The molecular formula is C14H28N2O2. The van der Waals surface area contributed by atoms with Crippen LogP contribution < -0.4 is 5.32 Å². The van der Waals surface area contributed by atoms with Crippen molar-refractivity contribution in [3.63, 3.8) is 0 Å². The molecule has 2 aliphatic rings. The molecule has 2 saturated heterocycles. The quantitative estimate of drug-likeness (QED) is 0.799. The highest BCUT2D eigenvalue weighted by molar-refractivity contribution is 4.86. The van der Waals surface area contributed by atoms with E-state index in [9.17, 15) is 0 Å². The second kappa shape index (κ2) is 6.85. The average Bonchev–Trinajstić information content (AvgIpc) is 2.91. The number of likely N-dealkylation sites (N-methyl/N-ethyl adjacent to an activating group) is 1. The van der Waals surface area contributed by atoms with Crippen molar-refractivity contribution in [2.24, 2.45) is 5.92 Å². The molecule has 0 aromatic carbocycles. The molecule has 0 aliphatic carbocycles. The SMILES string of the molecule is CNC(CN1CCC(OC)CC1C)C1CCOC1. The number of nitrogens with zero attached hydrogens (tertiary/aromatic N) is 1. The molecule has 0 bridgehead atoms. The summed E-state index contributed by atoms with van der Waals surface area (Å²) >= 11 is 0. The molecule has 4 heteroatoms. The van der Waals surface area contributed by atoms with Gasteiger partial charge in [-0.3, -0.25) is 4.90 Å². The van der Waals surface area contributed by atoms with Crippen molar-refractivity contribution in [1.82, 2.24) is 10.2 Å². The fraction of sp³-hybridized carbons (Fsp3) is 1.00. The van der Waals surface area contributed by atoms with Crippen LogP contribution in [0.15, 0.2) is 0 Å². The van der Waals surface area contributed by atoms with Crippen LogP contribution in [0.1, 0.15) is 26.2 Å². The van der Waals surface area contributed by atoms with Gasteiger partial charge in [0.2, 0.25) is 0 Å².